The van der Waals surface area contributed by atoms with Gasteiger partial charge in [0.1, 0.15) is 4.90 Å². The summed E-state index contributed by atoms with van der Waals surface area (Å²) in [5, 5.41) is 2.98. The van der Waals surface area contributed by atoms with Gasteiger partial charge in [-0.05, 0) is 30.7 Å². The van der Waals surface area contributed by atoms with Gasteiger partial charge in [0.15, 0.2) is 0 Å². The van der Waals surface area contributed by atoms with E-state index in [-0.39, 0.29) is 17.1 Å². The van der Waals surface area contributed by atoms with Gasteiger partial charge < -0.3 is 10.2 Å². The van der Waals surface area contributed by atoms with Crippen molar-refractivity contribution in [2.75, 3.05) is 49.5 Å². The molecule has 1 saturated heterocycles. The number of carbonyl (C=O) groups excluding carboxylic acids is 1. The molecule has 1 aromatic carbocycles. The first-order chi connectivity index (χ1) is 13.9. The zero-order chi connectivity index (χ0) is 20.4. The van der Waals surface area contributed by atoms with Crippen molar-refractivity contribution in [1.82, 2.24) is 19.2 Å². The predicted molar refractivity (Wildman–Crippen MR) is 110 cm³/mol. The van der Waals surface area contributed by atoms with Crippen LogP contribution in [0.15, 0.2) is 41.6 Å². The van der Waals surface area contributed by atoms with Crippen LogP contribution in [0.5, 0.6) is 0 Å². The van der Waals surface area contributed by atoms with Crippen molar-refractivity contribution in [3.05, 3.63) is 41.7 Å². The smallest absolute Gasteiger partial charge is 0.335 e. The molecule has 0 aliphatic carbocycles. The van der Waals surface area contributed by atoms with E-state index in [0.717, 1.165) is 36.4 Å². The SMILES string of the molecule is O=C1Nc2cc(Cl)ccc2S(=O)(=O)N1CCCN1CCN(c2ncccn2)CC1. The number of hydrogen-bond acceptors (Lipinski definition) is 7. The van der Waals surface area contributed by atoms with Gasteiger partial charge in [0, 0.05) is 56.7 Å². The number of urea groups is 1. The Morgan fingerprint density at radius 2 is 1.79 bits per heavy atom. The summed E-state index contributed by atoms with van der Waals surface area (Å²) >= 11 is 5.90. The molecule has 0 saturated carbocycles. The van der Waals surface area contributed by atoms with Gasteiger partial charge >= 0.3 is 6.03 Å². The molecule has 0 atom stereocenters. The summed E-state index contributed by atoms with van der Waals surface area (Å²) in [5.41, 5.74) is 0.220. The van der Waals surface area contributed by atoms with Crippen molar-refractivity contribution in [1.29, 1.82) is 0 Å². The zero-order valence-electron chi connectivity index (χ0n) is 15.7. The normalized spacial score (nSPS) is 19.0. The van der Waals surface area contributed by atoms with Crippen molar-refractivity contribution >= 4 is 39.3 Å². The minimum absolute atomic E-state index is 0.0676. The van der Waals surface area contributed by atoms with E-state index in [1.54, 1.807) is 18.5 Å². The molecule has 0 radical (unpaired) electrons. The van der Waals surface area contributed by atoms with E-state index in [9.17, 15) is 13.2 Å². The van der Waals surface area contributed by atoms with Crippen LogP contribution in [-0.2, 0) is 10.0 Å². The molecule has 1 fully saturated rings. The highest BCUT2D eigenvalue weighted by Gasteiger charge is 2.36. The third-order valence-electron chi connectivity index (χ3n) is 5.02. The zero-order valence-corrected chi connectivity index (χ0v) is 17.2. The third kappa shape index (κ3) is 4.14. The first-order valence-electron chi connectivity index (χ1n) is 9.33. The quantitative estimate of drug-likeness (QED) is 0.763. The van der Waals surface area contributed by atoms with Crippen LogP contribution >= 0.6 is 11.6 Å². The Kier molecular flexibility index (Phi) is 5.57. The van der Waals surface area contributed by atoms with Crippen LogP contribution in [0, 0.1) is 0 Å². The van der Waals surface area contributed by atoms with Crippen LogP contribution in [0.2, 0.25) is 5.02 Å². The van der Waals surface area contributed by atoms with Gasteiger partial charge in [-0.25, -0.2) is 27.5 Å². The summed E-state index contributed by atoms with van der Waals surface area (Å²) in [5.74, 6) is 0.724. The van der Waals surface area contributed by atoms with E-state index in [4.69, 9.17) is 11.6 Å². The highest BCUT2D eigenvalue weighted by atomic mass is 35.5. The number of aromatic nitrogens is 2. The van der Waals surface area contributed by atoms with Gasteiger partial charge in [-0.1, -0.05) is 11.6 Å². The fourth-order valence-electron chi connectivity index (χ4n) is 3.52. The maximum atomic E-state index is 12.8. The number of hydrogen-bond donors (Lipinski definition) is 1. The van der Waals surface area contributed by atoms with E-state index in [1.165, 1.54) is 18.2 Å². The molecule has 0 bridgehead atoms. The number of carbonyl (C=O) groups is 1. The Labute approximate surface area is 174 Å². The van der Waals surface area contributed by atoms with Gasteiger partial charge in [0.2, 0.25) is 5.95 Å². The second-order valence-corrected chi connectivity index (χ2v) is 9.15. The molecular formula is C18H21ClN6O3S. The number of anilines is 2. The number of nitrogens with one attached hydrogen (secondary N) is 1. The molecule has 3 heterocycles. The molecule has 29 heavy (non-hydrogen) atoms. The van der Waals surface area contributed by atoms with Crippen LogP contribution in [0.4, 0.5) is 16.4 Å². The van der Waals surface area contributed by atoms with E-state index >= 15 is 0 Å². The second-order valence-electron chi connectivity index (χ2n) is 6.88. The lowest BCUT2D eigenvalue weighted by molar-refractivity contribution is 0.225. The largest absolute Gasteiger partial charge is 0.338 e. The van der Waals surface area contributed by atoms with Crippen LogP contribution in [0.1, 0.15) is 6.42 Å². The molecule has 154 valence electrons. The average Bonchev–Trinajstić information content (AvgIpc) is 2.71. The van der Waals surface area contributed by atoms with Crippen molar-refractivity contribution in [2.24, 2.45) is 0 Å². The number of rotatable bonds is 5. The first kappa shape index (κ1) is 19.9. The van der Waals surface area contributed by atoms with Crippen molar-refractivity contribution in [3.8, 4) is 0 Å². The molecule has 1 aromatic heterocycles. The number of fused-ring (bicyclic) bond motifs is 1. The number of nitrogens with zero attached hydrogens (tertiary/aromatic N) is 5. The topological polar surface area (TPSA) is 98.7 Å². The third-order valence-corrected chi connectivity index (χ3v) is 7.10. The molecule has 2 amide bonds. The van der Waals surface area contributed by atoms with Gasteiger partial charge in [0.25, 0.3) is 10.0 Å². The lowest BCUT2D eigenvalue weighted by Crippen LogP contribution is -2.48. The minimum Gasteiger partial charge on any atom is -0.338 e. The van der Waals surface area contributed by atoms with Gasteiger partial charge in [-0.15, -0.1) is 0 Å². The maximum absolute atomic E-state index is 12.8. The van der Waals surface area contributed by atoms with E-state index < -0.39 is 16.1 Å². The molecule has 0 spiro atoms. The summed E-state index contributed by atoms with van der Waals surface area (Å²) in [6.45, 7) is 4.10. The Balaban J connectivity index is 1.32. The number of piperazine rings is 1. The monoisotopic (exact) mass is 436 g/mol. The highest BCUT2D eigenvalue weighted by molar-refractivity contribution is 7.90. The van der Waals surface area contributed by atoms with Crippen molar-refractivity contribution in [3.63, 3.8) is 0 Å². The number of benzene rings is 1. The van der Waals surface area contributed by atoms with Gasteiger partial charge in [0.05, 0.1) is 5.69 Å². The standard InChI is InChI=1S/C18H21ClN6O3S/c19-14-3-4-16-15(13-14)22-18(26)25(29(16,27)28)8-2-7-23-9-11-24(12-10-23)17-20-5-1-6-21-17/h1,3-6,13H,2,7-12H2,(H,22,26). The Morgan fingerprint density at radius 1 is 1.07 bits per heavy atom. The fourth-order valence-corrected chi connectivity index (χ4v) is 5.19. The fraction of sp³-hybridized carbons (Fsp3) is 0.389. The van der Waals surface area contributed by atoms with E-state index in [0.29, 0.717) is 18.0 Å². The summed E-state index contributed by atoms with van der Waals surface area (Å²) in [6.07, 6.45) is 4.01. The van der Waals surface area contributed by atoms with Crippen molar-refractivity contribution < 1.29 is 13.2 Å². The lowest BCUT2D eigenvalue weighted by Gasteiger charge is -2.35. The van der Waals surface area contributed by atoms with Crippen molar-refractivity contribution in [2.45, 2.75) is 11.3 Å². The Bertz CT molecular complexity index is 996. The van der Waals surface area contributed by atoms with Crippen LogP contribution in [0.3, 0.4) is 0 Å². The molecule has 9 nitrogen and oxygen atoms in total. The van der Waals surface area contributed by atoms with Gasteiger partial charge in [-0.3, -0.25) is 4.90 Å². The lowest BCUT2D eigenvalue weighted by atomic mass is 10.3. The maximum Gasteiger partial charge on any atom is 0.335 e. The summed E-state index contributed by atoms with van der Waals surface area (Å²) in [4.78, 5) is 25.3. The van der Waals surface area contributed by atoms with Crippen LogP contribution < -0.4 is 10.2 Å². The molecular weight excluding hydrogens is 416 g/mol. The first-order valence-corrected chi connectivity index (χ1v) is 11.1. The molecule has 4 rings (SSSR count). The second kappa shape index (κ2) is 8.13. The Morgan fingerprint density at radius 3 is 2.52 bits per heavy atom. The average molecular weight is 437 g/mol. The molecule has 2 aliphatic heterocycles. The van der Waals surface area contributed by atoms with Crippen LogP contribution in [0.25, 0.3) is 0 Å². The van der Waals surface area contributed by atoms with E-state index in [2.05, 4.69) is 25.1 Å². The highest BCUT2D eigenvalue weighted by Crippen LogP contribution is 2.32. The molecule has 11 heteroatoms. The minimum atomic E-state index is -3.88. The summed E-state index contributed by atoms with van der Waals surface area (Å²) in [7, 11) is -3.88. The van der Waals surface area contributed by atoms with Gasteiger partial charge in [-0.2, -0.15) is 0 Å². The number of halogens is 1. The molecule has 2 aliphatic rings. The molecule has 2 aromatic rings. The number of sulfonamides is 1. The predicted octanol–water partition coefficient (Wildman–Crippen LogP) is 1.88. The van der Waals surface area contributed by atoms with Crippen LogP contribution in [-0.4, -0.2) is 72.9 Å². The summed E-state index contributed by atoms with van der Waals surface area (Å²) in [6, 6.07) is 5.51. The number of amides is 2. The molecule has 0 unspecified atom stereocenters. The Hall–Kier alpha value is -2.43. The molecule has 1 N–H and O–H groups in total. The summed E-state index contributed by atoms with van der Waals surface area (Å²) < 4.78 is 26.5. The van der Waals surface area contributed by atoms with E-state index in [1.807, 2.05) is 0 Å².